The smallest absolute Gasteiger partial charge is 0.281 e. The van der Waals surface area contributed by atoms with Gasteiger partial charge in [0.05, 0.1) is 11.3 Å². The van der Waals surface area contributed by atoms with E-state index in [1.54, 1.807) is 24.6 Å². The van der Waals surface area contributed by atoms with Gasteiger partial charge in [-0.1, -0.05) is 0 Å². The zero-order valence-corrected chi connectivity index (χ0v) is 16.2. The summed E-state index contributed by atoms with van der Waals surface area (Å²) in [6, 6.07) is 1.86. The lowest BCUT2D eigenvalue weighted by Crippen LogP contribution is -2.53. The largest absolute Gasteiger partial charge is 0.381 e. The molecule has 2 aliphatic rings. The minimum absolute atomic E-state index is 0.0331. The maximum absolute atomic E-state index is 12.7. The molecule has 2 saturated heterocycles. The lowest BCUT2D eigenvalue weighted by atomic mass is 9.98. The molecule has 0 saturated carbocycles. The van der Waals surface area contributed by atoms with Crippen LogP contribution in [-0.4, -0.2) is 65.1 Å². The predicted octanol–water partition coefficient (Wildman–Crippen LogP) is 0.876. The number of amides is 1. The number of fused-ring (bicyclic) bond motifs is 3. The number of rotatable bonds is 5. The molecular formula is C17H24N6O3S. The molecule has 2 aromatic heterocycles. The molecule has 0 radical (unpaired) electrons. The average molecular weight is 392 g/mol. The maximum Gasteiger partial charge on any atom is 0.281 e. The summed E-state index contributed by atoms with van der Waals surface area (Å²) in [5, 5.41) is 4.27. The first-order valence-corrected chi connectivity index (χ1v) is 10.4. The summed E-state index contributed by atoms with van der Waals surface area (Å²) in [4.78, 5) is 19.1. The maximum atomic E-state index is 12.7. The Bertz CT molecular complexity index is 972. The number of H-pyrrole nitrogens is 1. The van der Waals surface area contributed by atoms with Gasteiger partial charge in [0.1, 0.15) is 5.65 Å². The standard InChI is InChI=1S/C17H24N6O3S/c1-22(2)27(25,26)23-11-3-4-12(23)8-10(7-11)21-15-13-5-6-19-17(13)20-9-14(15)16(18)24/h5-6,9-12H,3-4,7-8H2,1-2H3,(H2,18,24)(H2,19,20,21)/t11-,12-/m0/s1. The fourth-order valence-electron chi connectivity index (χ4n) is 4.37. The number of anilines is 1. The van der Waals surface area contributed by atoms with Crippen LogP contribution in [0.15, 0.2) is 18.5 Å². The number of hydrogen-bond acceptors (Lipinski definition) is 5. The second-order valence-corrected chi connectivity index (χ2v) is 9.52. The van der Waals surface area contributed by atoms with Crippen LogP contribution >= 0.6 is 0 Å². The zero-order valence-electron chi connectivity index (χ0n) is 15.3. The first kappa shape index (κ1) is 18.2. The van der Waals surface area contributed by atoms with Crippen molar-refractivity contribution < 1.29 is 13.2 Å². The van der Waals surface area contributed by atoms with Gasteiger partial charge in [0.2, 0.25) is 0 Å². The van der Waals surface area contributed by atoms with E-state index < -0.39 is 16.1 Å². The summed E-state index contributed by atoms with van der Waals surface area (Å²) in [5.74, 6) is -0.538. The number of aromatic amines is 1. The van der Waals surface area contributed by atoms with Crippen molar-refractivity contribution in [2.24, 2.45) is 5.73 Å². The summed E-state index contributed by atoms with van der Waals surface area (Å²) < 4.78 is 28.3. The Labute approximate surface area is 158 Å². The average Bonchev–Trinajstić information content (AvgIpc) is 3.18. The molecule has 4 N–H and O–H groups in total. The summed E-state index contributed by atoms with van der Waals surface area (Å²) in [6.07, 6.45) is 6.34. The van der Waals surface area contributed by atoms with Gasteiger partial charge < -0.3 is 16.0 Å². The third kappa shape index (κ3) is 2.97. The van der Waals surface area contributed by atoms with E-state index in [0.717, 1.165) is 18.2 Å². The molecule has 9 nitrogen and oxygen atoms in total. The Morgan fingerprint density at radius 1 is 1.33 bits per heavy atom. The van der Waals surface area contributed by atoms with E-state index in [9.17, 15) is 13.2 Å². The normalized spacial score (nSPS) is 26.0. The van der Waals surface area contributed by atoms with Crippen molar-refractivity contribution in [2.75, 3.05) is 19.4 Å². The van der Waals surface area contributed by atoms with Gasteiger partial charge in [-0.2, -0.15) is 17.0 Å². The fourth-order valence-corrected chi connectivity index (χ4v) is 5.89. The number of pyridine rings is 1. The number of primary amides is 1. The molecule has 0 aliphatic carbocycles. The molecule has 0 unspecified atom stereocenters. The highest BCUT2D eigenvalue weighted by Crippen LogP contribution is 2.40. The lowest BCUT2D eigenvalue weighted by molar-refractivity contribution is 0.100. The van der Waals surface area contributed by atoms with Crippen molar-refractivity contribution in [3.63, 3.8) is 0 Å². The van der Waals surface area contributed by atoms with Crippen LogP contribution in [0.3, 0.4) is 0 Å². The van der Waals surface area contributed by atoms with Crippen molar-refractivity contribution in [1.29, 1.82) is 0 Å². The van der Waals surface area contributed by atoms with Crippen LogP contribution in [0.1, 0.15) is 36.0 Å². The van der Waals surface area contributed by atoms with Crippen LogP contribution in [0.5, 0.6) is 0 Å². The van der Waals surface area contributed by atoms with Gasteiger partial charge in [0, 0.05) is 50.0 Å². The quantitative estimate of drug-likeness (QED) is 0.697. The monoisotopic (exact) mass is 392 g/mol. The first-order valence-electron chi connectivity index (χ1n) is 9.02. The van der Waals surface area contributed by atoms with Crippen LogP contribution in [0.2, 0.25) is 0 Å². The number of hydrogen-bond donors (Lipinski definition) is 3. The Kier molecular flexibility index (Phi) is 4.36. The second kappa shape index (κ2) is 6.47. The Hall–Kier alpha value is -2.17. The van der Waals surface area contributed by atoms with Gasteiger partial charge >= 0.3 is 0 Å². The molecular weight excluding hydrogens is 368 g/mol. The summed E-state index contributed by atoms with van der Waals surface area (Å²) in [6.45, 7) is 0. The fraction of sp³-hybridized carbons (Fsp3) is 0.529. The number of nitrogens with two attached hydrogens (primary N) is 1. The van der Waals surface area contributed by atoms with Crippen LogP contribution < -0.4 is 11.1 Å². The lowest BCUT2D eigenvalue weighted by Gasteiger charge is -2.39. The van der Waals surface area contributed by atoms with E-state index in [1.165, 1.54) is 10.5 Å². The molecule has 2 bridgehead atoms. The highest BCUT2D eigenvalue weighted by molar-refractivity contribution is 7.86. The Balaban J connectivity index is 1.62. The molecule has 27 heavy (non-hydrogen) atoms. The van der Waals surface area contributed by atoms with E-state index in [0.29, 0.717) is 29.7 Å². The second-order valence-electron chi connectivity index (χ2n) is 7.47. The van der Waals surface area contributed by atoms with Gasteiger partial charge in [-0.15, -0.1) is 0 Å². The van der Waals surface area contributed by atoms with Crippen molar-refractivity contribution >= 4 is 32.8 Å². The molecule has 2 atom stereocenters. The predicted molar refractivity (Wildman–Crippen MR) is 103 cm³/mol. The molecule has 1 amide bonds. The summed E-state index contributed by atoms with van der Waals surface area (Å²) >= 11 is 0. The SMILES string of the molecule is CN(C)S(=O)(=O)N1[C@H]2CC[C@H]1CC(Nc1c(C(N)=O)cnc3[nH]ccc13)C2. The molecule has 4 heterocycles. The van der Waals surface area contributed by atoms with Gasteiger partial charge in [0.15, 0.2) is 0 Å². The third-order valence-electron chi connectivity index (χ3n) is 5.59. The zero-order chi connectivity index (χ0) is 19.3. The molecule has 0 spiro atoms. The molecule has 2 aromatic rings. The van der Waals surface area contributed by atoms with Crippen molar-refractivity contribution in [3.8, 4) is 0 Å². The molecule has 10 heteroatoms. The Morgan fingerprint density at radius 3 is 2.59 bits per heavy atom. The number of aromatic nitrogens is 2. The van der Waals surface area contributed by atoms with Crippen molar-refractivity contribution in [1.82, 2.24) is 18.6 Å². The highest BCUT2D eigenvalue weighted by atomic mass is 32.2. The highest BCUT2D eigenvalue weighted by Gasteiger charge is 2.47. The number of carbonyl (C=O) groups is 1. The molecule has 2 fully saturated rings. The Morgan fingerprint density at radius 2 is 2.00 bits per heavy atom. The minimum Gasteiger partial charge on any atom is -0.381 e. The molecule has 146 valence electrons. The first-order chi connectivity index (χ1) is 12.8. The van der Waals surface area contributed by atoms with Gasteiger partial charge in [-0.05, 0) is 31.7 Å². The topological polar surface area (TPSA) is 124 Å². The van der Waals surface area contributed by atoms with Crippen LogP contribution in [0.25, 0.3) is 11.0 Å². The summed E-state index contributed by atoms with van der Waals surface area (Å²) in [5.41, 5.74) is 7.23. The summed E-state index contributed by atoms with van der Waals surface area (Å²) in [7, 11) is -0.295. The molecule has 2 aliphatic heterocycles. The van der Waals surface area contributed by atoms with E-state index >= 15 is 0 Å². The van der Waals surface area contributed by atoms with E-state index in [2.05, 4.69) is 15.3 Å². The van der Waals surface area contributed by atoms with Crippen LogP contribution in [0, 0.1) is 0 Å². The molecule has 4 rings (SSSR count). The van der Waals surface area contributed by atoms with E-state index in [4.69, 9.17) is 5.73 Å². The van der Waals surface area contributed by atoms with Gasteiger partial charge in [0.25, 0.3) is 16.1 Å². The third-order valence-corrected chi connectivity index (χ3v) is 7.65. The van der Waals surface area contributed by atoms with E-state index in [-0.39, 0.29) is 18.1 Å². The minimum atomic E-state index is -3.43. The van der Waals surface area contributed by atoms with Crippen molar-refractivity contribution in [3.05, 3.63) is 24.0 Å². The van der Waals surface area contributed by atoms with Crippen LogP contribution in [-0.2, 0) is 10.2 Å². The molecule has 0 aromatic carbocycles. The number of piperidine rings is 1. The number of nitrogens with zero attached hydrogens (tertiary/aromatic N) is 3. The van der Waals surface area contributed by atoms with Crippen molar-refractivity contribution in [2.45, 2.75) is 43.8 Å². The number of nitrogens with one attached hydrogen (secondary N) is 2. The van der Waals surface area contributed by atoms with Gasteiger partial charge in [-0.25, -0.2) is 4.98 Å². The number of carbonyl (C=O) groups excluding carboxylic acids is 1. The van der Waals surface area contributed by atoms with Gasteiger partial charge in [-0.3, -0.25) is 4.79 Å². The van der Waals surface area contributed by atoms with Crippen LogP contribution in [0.4, 0.5) is 5.69 Å². The van der Waals surface area contributed by atoms with E-state index in [1.807, 2.05) is 6.07 Å².